The maximum absolute atomic E-state index is 12.4. The molecule has 1 saturated heterocycles. The number of anilines is 1. The molecule has 2 amide bonds. The van der Waals surface area contributed by atoms with Crippen LogP contribution in [-0.2, 0) is 9.53 Å². The van der Waals surface area contributed by atoms with Crippen LogP contribution in [0.2, 0.25) is 0 Å². The molecule has 26 heavy (non-hydrogen) atoms. The van der Waals surface area contributed by atoms with Gasteiger partial charge in [0, 0.05) is 30.8 Å². The quantitative estimate of drug-likeness (QED) is 0.874. The molecule has 8 heteroatoms. The third kappa shape index (κ3) is 6.16. The van der Waals surface area contributed by atoms with Crippen LogP contribution >= 0.6 is 0 Å². The Morgan fingerprint density at radius 1 is 1.23 bits per heavy atom. The largest absolute Gasteiger partial charge is 0.444 e. The number of benzene rings is 1. The van der Waals surface area contributed by atoms with Crippen molar-refractivity contribution >= 4 is 17.7 Å². The van der Waals surface area contributed by atoms with Crippen LogP contribution in [0, 0.1) is 5.92 Å². The van der Waals surface area contributed by atoms with Crippen molar-refractivity contribution < 1.29 is 27.8 Å². The van der Waals surface area contributed by atoms with Crippen molar-refractivity contribution in [2.75, 3.05) is 18.4 Å². The molecule has 1 fully saturated rings. The highest BCUT2D eigenvalue weighted by molar-refractivity contribution is 5.92. The summed E-state index contributed by atoms with van der Waals surface area (Å²) in [7, 11) is 0. The Morgan fingerprint density at radius 2 is 1.88 bits per heavy atom. The number of carbonyl (C=O) groups excluding carboxylic acids is 2. The number of nitrogens with zero attached hydrogens (tertiary/aromatic N) is 1. The zero-order valence-electron chi connectivity index (χ0n) is 15.1. The molecule has 0 unspecified atom stereocenters. The van der Waals surface area contributed by atoms with Crippen LogP contribution in [0.4, 0.5) is 19.3 Å². The molecule has 1 aliphatic heterocycles. The highest BCUT2D eigenvalue weighted by Crippen LogP contribution is 2.23. The van der Waals surface area contributed by atoms with Gasteiger partial charge in [0.1, 0.15) is 11.4 Å². The van der Waals surface area contributed by atoms with Gasteiger partial charge in [-0.2, -0.15) is 8.78 Å². The van der Waals surface area contributed by atoms with Crippen molar-refractivity contribution in [1.82, 2.24) is 4.90 Å². The van der Waals surface area contributed by atoms with Crippen molar-refractivity contribution in [3.05, 3.63) is 24.3 Å². The van der Waals surface area contributed by atoms with E-state index in [0.717, 1.165) is 0 Å². The predicted octanol–water partition coefficient (Wildman–Crippen LogP) is 3.87. The van der Waals surface area contributed by atoms with Crippen LogP contribution in [0.3, 0.4) is 0 Å². The van der Waals surface area contributed by atoms with Gasteiger partial charge in [-0.05, 0) is 45.7 Å². The topological polar surface area (TPSA) is 67.9 Å². The Labute approximate surface area is 151 Å². The van der Waals surface area contributed by atoms with E-state index in [0.29, 0.717) is 31.6 Å². The molecule has 1 heterocycles. The van der Waals surface area contributed by atoms with Crippen molar-refractivity contribution in [2.45, 2.75) is 45.8 Å². The van der Waals surface area contributed by atoms with E-state index in [-0.39, 0.29) is 23.7 Å². The molecule has 6 nitrogen and oxygen atoms in total. The van der Waals surface area contributed by atoms with Crippen LogP contribution in [0.1, 0.15) is 33.6 Å². The number of likely N-dealkylation sites (tertiary alicyclic amines) is 1. The summed E-state index contributed by atoms with van der Waals surface area (Å²) in [6.07, 6.45) is 0.643. The maximum atomic E-state index is 12.4. The number of piperidine rings is 1. The maximum Gasteiger partial charge on any atom is 0.410 e. The minimum atomic E-state index is -2.92. The molecule has 0 radical (unpaired) electrons. The van der Waals surface area contributed by atoms with Gasteiger partial charge in [0.15, 0.2) is 0 Å². The molecule has 0 aromatic heterocycles. The number of rotatable bonds is 4. The number of hydrogen-bond acceptors (Lipinski definition) is 4. The van der Waals surface area contributed by atoms with Crippen LogP contribution < -0.4 is 10.1 Å². The molecule has 0 aliphatic carbocycles. The molecular formula is C18H24F2N2O4. The first-order chi connectivity index (χ1) is 12.1. The van der Waals surface area contributed by atoms with Gasteiger partial charge in [-0.1, -0.05) is 6.07 Å². The minimum Gasteiger partial charge on any atom is -0.444 e. The number of ether oxygens (including phenoxy) is 2. The van der Waals surface area contributed by atoms with E-state index in [1.165, 1.54) is 18.2 Å². The highest BCUT2D eigenvalue weighted by Gasteiger charge is 2.30. The normalized spacial score (nSPS) is 15.7. The molecule has 0 saturated carbocycles. The summed E-state index contributed by atoms with van der Waals surface area (Å²) in [4.78, 5) is 26.0. The molecular weight excluding hydrogens is 346 g/mol. The fourth-order valence-corrected chi connectivity index (χ4v) is 2.65. The lowest BCUT2D eigenvalue weighted by Gasteiger charge is -2.32. The van der Waals surface area contributed by atoms with Gasteiger partial charge in [0.2, 0.25) is 5.91 Å². The first-order valence-electron chi connectivity index (χ1n) is 8.48. The van der Waals surface area contributed by atoms with Gasteiger partial charge in [-0.15, -0.1) is 0 Å². The molecule has 0 bridgehead atoms. The first kappa shape index (κ1) is 19.9. The van der Waals surface area contributed by atoms with Gasteiger partial charge in [-0.25, -0.2) is 4.79 Å². The van der Waals surface area contributed by atoms with Crippen LogP contribution in [0.5, 0.6) is 5.75 Å². The van der Waals surface area contributed by atoms with Crippen LogP contribution in [0.15, 0.2) is 24.3 Å². The molecule has 1 N–H and O–H groups in total. The Morgan fingerprint density at radius 3 is 2.46 bits per heavy atom. The third-order valence-electron chi connectivity index (χ3n) is 3.84. The van der Waals surface area contributed by atoms with E-state index in [1.807, 2.05) is 0 Å². The van der Waals surface area contributed by atoms with Gasteiger partial charge in [-0.3, -0.25) is 4.79 Å². The second kappa shape index (κ2) is 8.33. The van der Waals surface area contributed by atoms with Gasteiger partial charge < -0.3 is 19.7 Å². The standard InChI is InChI=1S/C18H24F2N2O4/c1-18(2,3)26-17(24)22-9-7-12(8-10-22)15(23)21-13-5-4-6-14(11-13)25-16(19)20/h4-6,11-12,16H,7-10H2,1-3H3,(H,21,23). The monoisotopic (exact) mass is 370 g/mol. The van der Waals surface area contributed by atoms with Gasteiger partial charge >= 0.3 is 12.7 Å². The van der Waals surface area contributed by atoms with E-state index in [4.69, 9.17) is 4.74 Å². The summed E-state index contributed by atoms with van der Waals surface area (Å²) in [5, 5.41) is 2.71. The molecule has 0 spiro atoms. The Balaban J connectivity index is 1.86. The second-order valence-corrected chi connectivity index (χ2v) is 7.14. The van der Waals surface area contributed by atoms with Gasteiger partial charge in [0.25, 0.3) is 0 Å². The smallest absolute Gasteiger partial charge is 0.410 e. The fraction of sp³-hybridized carbons (Fsp3) is 0.556. The zero-order chi connectivity index (χ0) is 19.3. The Kier molecular flexibility index (Phi) is 6.39. The van der Waals surface area contributed by atoms with Crippen LogP contribution in [0.25, 0.3) is 0 Å². The minimum absolute atomic E-state index is 0.0162. The lowest BCUT2D eigenvalue weighted by atomic mass is 9.96. The van der Waals surface area contributed by atoms with Crippen molar-refractivity contribution in [3.63, 3.8) is 0 Å². The number of hydrogen-bond donors (Lipinski definition) is 1. The summed E-state index contributed by atoms with van der Waals surface area (Å²) in [5.74, 6) is -0.478. The lowest BCUT2D eigenvalue weighted by molar-refractivity contribution is -0.121. The highest BCUT2D eigenvalue weighted by atomic mass is 19.3. The van der Waals surface area contributed by atoms with Crippen LogP contribution in [-0.4, -0.2) is 42.2 Å². The second-order valence-electron chi connectivity index (χ2n) is 7.14. The van der Waals surface area contributed by atoms with E-state index in [1.54, 1.807) is 31.7 Å². The molecule has 0 atom stereocenters. The molecule has 144 valence electrons. The zero-order valence-corrected chi connectivity index (χ0v) is 15.1. The number of halogens is 2. The fourth-order valence-electron chi connectivity index (χ4n) is 2.65. The van der Waals surface area contributed by atoms with E-state index in [2.05, 4.69) is 10.1 Å². The van der Waals surface area contributed by atoms with Crippen molar-refractivity contribution in [3.8, 4) is 5.75 Å². The lowest BCUT2D eigenvalue weighted by Crippen LogP contribution is -2.43. The van der Waals surface area contributed by atoms with E-state index >= 15 is 0 Å². The van der Waals surface area contributed by atoms with Gasteiger partial charge in [0.05, 0.1) is 0 Å². The molecule has 1 aromatic rings. The first-order valence-corrected chi connectivity index (χ1v) is 8.48. The number of carbonyl (C=O) groups is 2. The third-order valence-corrected chi connectivity index (χ3v) is 3.84. The SMILES string of the molecule is CC(C)(C)OC(=O)N1CCC(C(=O)Nc2cccc(OC(F)F)c2)CC1. The van der Waals surface area contributed by atoms with E-state index < -0.39 is 12.2 Å². The average molecular weight is 370 g/mol. The summed E-state index contributed by atoms with van der Waals surface area (Å²) in [5.41, 5.74) is -0.167. The molecule has 1 aromatic carbocycles. The Bertz CT molecular complexity index is 638. The summed E-state index contributed by atoms with van der Waals surface area (Å²) >= 11 is 0. The predicted molar refractivity (Wildman–Crippen MR) is 92.2 cm³/mol. The van der Waals surface area contributed by atoms with E-state index in [9.17, 15) is 18.4 Å². The summed E-state index contributed by atoms with van der Waals surface area (Å²) < 4.78 is 34.2. The number of amides is 2. The number of nitrogens with one attached hydrogen (secondary N) is 1. The molecule has 2 rings (SSSR count). The van der Waals surface area contributed by atoms with Crippen molar-refractivity contribution in [1.29, 1.82) is 0 Å². The Hall–Kier alpha value is -2.38. The van der Waals surface area contributed by atoms with Crippen molar-refractivity contribution in [2.24, 2.45) is 5.92 Å². The molecule has 1 aliphatic rings. The average Bonchev–Trinajstić information content (AvgIpc) is 2.53. The number of alkyl halides is 2. The summed E-state index contributed by atoms with van der Waals surface area (Å²) in [6.45, 7) is 3.35. The summed E-state index contributed by atoms with van der Waals surface area (Å²) in [6, 6.07) is 5.87.